The SMILES string of the molecule is CCOC(=O)c1noc(C)c1C(=O)c1cccc(C)c1. The summed E-state index contributed by atoms with van der Waals surface area (Å²) in [5.41, 5.74) is 1.54. The molecule has 0 amide bonds. The van der Waals surface area contributed by atoms with Crippen LogP contribution in [-0.4, -0.2) is 23.5 Å². The first-order chi connectivity index (χ1) is 9.54. The van der Waals surface area contributed by atoms with Gasteiger partial charge in [0, 0.05) is 5.56 Å². The van der Waals surface area contributed by atoms with E-state index in [9.17, 15) is 9.59 Å². The predicted octanol–water partition coefficient (Wildman–Crippen LogP) is 2.70. The van der Waals surface area contributed by atoms with E-state index in [4.69, 9.17) is 9.26 Å². The monoisotopic (exact) mass is 273 g/mol. The summed E-state index contributed by atoms with van der Waals surface area (Å²) in [5, 5.41) is 3.63. The van der Waals surface area contributed by atoms with Crippen molar-refractivity contribution in [3.8, 4) is 0 Å². The molecule has 1 heterocycles. The standard InChI is InChI=1S/C15H15NO4/c1-4-19-15(18)13-12(10(3)20-16-13)14(17)11-7-5-6-9(2)8-11/h5-8H,4H2,1-3H3. The van der Waals surface area contributed by atoms with E-state index in [1.807, 2.05) is 13.0 Å². The van der Waals surface area contributed by atoms with Crippen molar-refractivity contribution in [1.82, 2.24) is 5.16 Å². The Morgan fingerprint density at radius 1 is 1.30 bits per heavy atom. The number of ketones is 1. The third kappa shape index (κ3) is 2.61. The van der Waals surface area contributed by atoms with Gasteiger partial charge >= 0.3 is 5.97 Å². The average molecular weight is 273 g/mol. The van der Waals surface area contributed by atoms with Crippen LogP contribution in [0.1, 0.15) is 44.7 Å². The van der Waals surface area contributed by atoms with Crippen molar-refractivity contribution in [3.05, 3.63) is 52.4 Å². The highest BCUT2D eigenvalue weighted by Crippen LogP contribution is 2.19. The van der Waals surface area contributed by atoms with Crippen LogP contribution >= 0.6 is 0 Å². The van der Waals surface area contributed by atoms with E-state index in [1.165, 1.54) is 0 Å². The van der Waals surface area contributed by atoms with Gasteiger partial charge in [0.15, 0.2) is 5.78 Å². The maximum absolute atomic E-state index is 12.5. The van der Waals surface area contributed by atoms with Crippen molar-refractivity contribution in [2.24, 2.45) is 0 Å². The van der Waals surface area contributed by atoms with E-state index in [1.54, 1.807) is 32.0 Å². The summed E-state index contributed by atoms with van der Waals surface area (Å²) < 4.78 is 9.84. The summed E-state index contributed by atoms with van der Waals surface area (Å²) in [5.74, 6) is -0.643. The smallest absolute Gasteiger partial charge is 0.361 e. The molecule has 0 saturated carbocycles. The Morgan fingerprint density at radius 2 is 2.05 bits per heavy atom. The Balaban J connectivity index is 2.44. The number of aromatic nitrogens is 1. The molecule has 0 bridgehead atoms. The Morgan fingerprint density at radius 3 is 2.70 bits per heavy atom. The molecule has 104 valence electrons. The maximum atomic E-state index is 12.5. The van der Waals surface area contributed by atoms with Gasteiger partial charge in [0.1, 0.15) is 5.76 Å². The molecular weight excluding hydrogens is 258 g/mol. The van der Waals surface area contributed by atoms with Gasteiger partial charge in [-0.1, -0.05) is 28.9 Å². The van der Waals surface area contributed by atoms with Crippen LogP contribution in [0.25, 0.3) is 0 Å². The molecule has 0 unspecified atom stereocenters. The number of rotatable bonds is 4. The summed E-state index contributed by atoms with van der Waals surface area (Å²) >= 11 is 0. The fraction of sp³-hybridized carbons (Fsp3) is 0.267. The fourth-order valence-electron chi connectivity index (χ4n) is 1.91. The molecule has 1 aromatic heterocycles. The van der Waals surface area contributed by atoms with E-state index in [0.717, 1.165) is 5.56 Å². The molecule has 0 aliphatic rings. The summed E-state index contributed by atoms with van der Waals surface area (Å²) in [6.45, 7) is 5.39. The molecule has 0 aliphatic heterocycles. The summed E-state index contributed by atoms with van der Waals surface area (Å²) in [7, 11) is 0. The van der Waals surface area contributed by atoms with Crippen molar-refractivity contribution in [2.75, 3.05) is 6.61 Å². The zero-order valence-electron chi connectivity index (χ0n) is 11.6. The topological polar surface area (TPSA) is 69.4 Å². The fourth-order valence-corrected chi connectivity index (χ4v) is 1.91. The Kier molecular flexibility index (Phi) is 3.98. The normalized spacial score (nSPS) is 10.3. The first-order valence-corrected chi connectivity index (χ1v) is 6.29. The number of ether oxygens (including phenoxy) is 1. The lowest BCUT2D eigenvalue weighted by Gasteiger charge is -2.03. The highest BCUT2D eigenvalue weighted by Gasteiger charge is 2.27. The molecule has 0 aliphatic carbocycles. The Labute approximate surface area is 116 Å². The van der Waals surface area contributed by atoms with E-state index in [2.05, 4.69) is 5.16 Å². The van der Waals surface area contributed by atoms with Gasteiger partial charge in [0.05, 0.1) is 12.2 Å². The van der Waals surface area contributed by atoms with Crippen molar-refractivity contribution >= 4 is 11.8 Å². The first kappa shape index (κ1) is 14.0. The molecule has 0 N–H and O–H groups in total. The Bertz CT molecular complexity index is 658. The molecular formula is C15H15NO4. The largest absolute Gasteiger partial charge is 0.461 e. The molecule has 0 atom stereocenters. The van der Waals surface area contributed by atoms with Crippen LogP contribution in [0.5, 0.6) is 0 Å². The minimum atomic E-state index is -0.652. The van der Waals surface area contributed by atoms with Gasteiger partial charge in [-0.25, -0.2) is 4.79 Å². The highest BCUT2D eigenvalue weighted by molar-refractivity contribution is 6.14. The van der Waals surface area contributed by atoms with Crippen LogP contribution in [0.15, 0.2) is 28.8 Å². The zero-order valence-corrected chi connectivity index (χ0v) is 11.6. The summed E-state index contributed by atoms with van der Waals surface area (Å²) in [6, 6.07) is 7.12. The van der Waals surface area contributed by atoms with Crippen LogP contribution in [0.3, 0.4) is 0 Å². The number of benzene rings is 1. The van der Waals surface area contributed by atoms with Crippen molar-refractivity contribution < 1.29 is 18.8 Å². The Hall–Kier alpha value is -2.43. The zero-order chi connectivity index (χ0) is 14.7. The lowest BCUT2D eigenvalue weighted by Crippen LogP contribution is -2.12. The second-order valence-corrected chi connectivity index (χ2v) is 4.38. The average Bonchev–Trinajstić information content (AvgIpc) is 2.80. The summed E-state index contributed by atoms with van der Waals surface area (Å²) in [4.78, 5) is 24.3. The third-order valence-electron chi connectivity index (χ3n) is 2.84. The van der Waals surface area contributed by atoms with Gasteiger partial charge in [0.2, 0.25) is 5.69 Å². The minimum absolute atomic E-state index is 0.0733. The van der Waals surface area contributed by atoms with Crippen LogP contribution in [-0.2, 0) is 4.74 Å². The second-order valence-electron chi connectivity index (χ2n) is 4.38. The van der Waals surface area contributed by atoms with Gasteiger partial charge in [-0.05, 0) is 26.8 Å². The lowest BCUT2D eigenvalue weighted by molar-refractivity contribution is 0.0512. The van der Waals surface area contributed by atoms with Crippen LogP contribution in [0.2, 0.25) is 0 Å². The van der Waals surface area contributed by atoms with Crippen LogP contribution in [0, 0.1) is 13.8 Å². The number of carbonyl (C=O) groups is 2. The van der Waals surface area contributed by atoms with Gasteiger partial charge < -0.3 is 9.26 Å². The molecule has 2 aromatic rings. The van der Waals surface area contributed by atoms with Crippen LogP contribution < -0.4 is 0 Å². The van der Waals surface area contributed by atoms with E-state index in [-0.39, 0.29) is 23.6 Å². The molecule has 5 heteroatoms. The van der Waals surface area contributed by atoms with Crippen molar-refractivity contribution in [2.45, 2.75) is 20.8 Å². The molecule has 20 heavy (non-hydrogen) atoms. The van der Waals surface area contributed by atoms with Crippen molar-refractivity contribution in [3.63, 3.8) is 0 Å². The van der Waals surface area contributed by atoms with E-state index < -0.39 is 5.97 Å². The second kappa shape index (κ2) is 5.69. The molecule has 5 nitrogen and oxygen atoms in total. The highest BCUT2D eigenvalue weighted by atomic mass is 16.5. The minimum Gasteiger partial charge on any atom is -0.461 e. The third-order valence-corrected chi connectivity index (χ3v) is 2.84. The van der Waals surface area contributed by atoms with Gasteiger partial charge in [-0.15, -0.1) is 0 Å². The number of hydrogen-bond donors (Lipinski definition) is 0. The first-order valence-electron chi connectivity index (χ1n) is 6.29. The van der Waals surface area contributed by atoms with Crippen molar-refractivity contribution in [1.29, 1.82) is 0 Å². The molecule has 1 aromatic carbocycles. The number of esters is 1. The molecule has 0 radical (unpaired) electrons. The summed E-state index contributed by atoms with van der Waals surface area (Å²) in [6.07, 6.45) is 0. The number of hydrogen-bond acceptors (Lipinski definition) is 5. The number of nitrogens with zero attached hydrogens (tertiary/aromatic N) is 1. The number of aryl methyl sites for hydroxylation is 2. The van der Waals surface area contributed by atoms with E-state index >= 15 is 0 Å². The van der Waals surface area contributed by atoms with Crippen LogP contribution in [0.4, 0.5) is 0 Å². The maximum Gasteiger partial charge on any atom is 0.361 e. The quantitative estimate of drug-likeness (QED) is 0.632. The molecule has 0 saturated heterocycles. The molecule has 2 rings (SSSR count). The van der Waals surface area contributed by atoms with Gasteiger partial charge in [-0.2, -0.15) is 0 Å². The molecule has 0 fully saturated rings. The van der Waals surface area contributed by atoms with E-state index in [0.29, 0.717) is 11.3 Å². The van der Waals surface area contributed by atoms with Gasteiger partial charge in [-0.3, -0.25) is 4.79 Å². The lowest BCUT2D eigenvalue weighted by atomic mass is 10.0. The predicted molar refractivity (Wildman–Crippen MR) is 71.8 cm³/mol. The number of carbonyl (C=O) groups excluding carboxylic acids is 2. The van der Waals surface area contributed by atoms with Gasteiger partial charge in [0.25, 0.3) is 0 Å². The molecule has 0 spiro atoms.